The Kier molecular flexibility index (Phi) is 4.25. The van der Waals surface area contributed by atoms with Crippen LogP contribution in [0.1, 0.15) is 12.5 Å². The molecule has 1 amide bonds. The Hall–Kier alpha value is -2.45. The molecule has 24 heavy (non-hydrogen) atoms. The highest BCUT2D eigenvalue weighted by Gasteiger charge is 2.33. The molecule has 0 spiro atoms. The summed E-state index contributed by atoms with van der Waals surface area (Å²) in [7, 11) is -3.90. The molecule has 126 valence electrons. The van der Waals surface area contributed by atoms with E-state index in [9.17, 15) is 17.6 Å². The van der Waals surface area contributed by atoms with Gasteiger partial charge in [0, 0.05) is 5.69 Å². The summed E-state index contributed by atoms with van der Waals surface area (Å²) in [5.41, 5.74) is 1.72. The molecule has 2 aromatic carbocycles. The van der Waals surface area contributed by atoms with Crippen molar-refractivity contribution in [3.8, 4) is 0 Å². The maximum absolute atomic E-state index is 13.3. The number of benzene rings is 2. The second kappa shape index (κ2) is 6.21. The Bertz CT molecular complexity index is 882. The molecule has 0 saturated carbocycles. The fraction of sp³-hybridized carbons (Fsp3) is 0.188. The summed E-state index contributed by atoms with van der Waals surface area (Å²) >= 11 is 0. The van der Waals surface area contributed by atoms with Gasteiger partial charge in [-0.3, -0.25) is 4.79 Å². The van der Waals surface area contributed by atoms with Gasteiger partial charge in [-0.1, -0.05) is 19.1 Å². The zero-order valence-corrected chi connectivity index (χ0v) is 13.7. The maximum atomic E-state index is 13.3. The molecule has 0 aromatic heterocycles. The number of nitrogens with one attached hydrogen (secondary N) is 3. The van der Waals surface area contributed by atoms with Crippen molar-refractivity contribution in [3.63, 3.8) is 0 Å². The number of rotatable bonds is 3. The average molecular weight is 349 g/mol. The van der Waals surface area contributed by atoms with E-state index < -0.39 is 27.9 Å². The third-order valence-electron chi connectivity index (χ3n) is 3.70. The van der Waals surface area contributed by atoms with E-state index in [-0.39, 0.29) is 10.6 Å². The standard InChI is InChI=1S/C16H16FN3O3S/c1-2-10-3-6-12(7-4-10)18-16(21)15-19-13-9-11(17)5-8-14(13)24(22,23)20-15/h3-9,15,19-20H,2H2,1H3,(H,18,21)/t15-/m0/s1. The molecular weight excluding hydrogens is 333 g/mol. The third-order valence-corrected chi connectivity index (χ3v) is 5.18. The van der Waals surface area contributed by atoms with E-state index in [1.807, 2.05) is 19.1 Å². The highest BCUT2D eigenvalue weighted by molar-refractivity contribution is 7.89. The van der Waals surface area contributed by atoms with Crippen LogP contribution >= 0.6 is 0 Å². The molecule has 0 saturated heterocycles. The Morgan fingerprint density at radius 1 is 1.21 bits per heavy atom. The molecule has 8 heteroatoms. The fourth-order valence-corrected chi connectivity index (χ4v) is 3.67. The summed E-state index contributed by atoms with van der Waals surface area (Å²) in [5.74, 6) is -1.18. The number of hydrogen-bond donors (Lipinski definition) is 3. The van der Waals surface area contributed by atoms with Crippen LogP contribution in [0.5, 0.6) is 0 Å². The second-order valence-corrected chi connectivity index (χ2v) is 7.06. The Labute approximate surface area is 139 Å². The molecule has 0 fully saturated rings. The van der Waals surface area contributed by atoms with Gasteiger partial charge in [-0.05, 0) is 42.3 Å². The lowest BCUT2D eigenvalue weighted by atomic mass is 10.1. The minimum atomic E-state index is -3.90. The Balaban J connectivity index is 1.81. The number of amides is 1. The highest BCUT2D eigenvalue weighted by atomic mass is 32.2. The van der Waals surface area contributed by atoms with Gasteiger partial charge < -0.3 is 10.6 Å². The van der Waals surface area contributed by atoms with Crippen molar-refractivity contribution in [3.05, 3.63) is 53.8 Å². The topological polar surface area (TPSA) is 87.3 Å². The zero-order chi connectivity index (χ0) is 17.3. The first-order valence-corrected chi connectivity index (χ1v) is 8.85. The van der Waals surface area contributed by atoms with Gasteiger partial charge in [0.25, 0.3) is 5.91 Å². The van der Waals surface area contributed by atoms with Crippen LogP contribution in [0, 0.1) is 5.82 Å². The average Bonchev–Trinajstić information content (AvgIpc) is 2.54. The van der Waals surface area contributed by atoms with Crippen LogP contribution in [0.15, 0.2) is 47.4 Å². The lowest BCUT2D eigenvalue weighted by Gasteiger charge is -2.27. The second-order valence-electron chi connectivity index (χ2n) is 5.38. The van der Waals surface area contributed by atoms with E-state index in [0.29, 0.717) is 5.69 Å². The summed E-state index contributed by atoms with van der Waals surface area (Å²) in [6.07, 6.45) is -0.351. The molecule has 3 rings (SSSR count). The van der Waals surface area contributed by atoms with Crippen LogP contribution in [0.3, 0.4) is 0 Å². The van der Waals surface area contributed by atoms with Crippen molar-refractivity contribution < 1.29 is 17.6 Å². The molecule has 0 radical (unpaired) electrons. The first-order valence-electron chi connectivity index (χ1n) is 7.37. The monoisotopic (exact) mass is 349 g/mol. The lowest BCUT2D eigenvalue weighted by molar-refractivity contribution is -0.117. The van der Waals surface area contributed by atoms with E-state index in [1.54, 1.807) is 12.1 Å². The Morgan fingerprint density at radius 3 is 2.58 bits per heavy atom. The van der Waals surface area contributed by atoms with Crippen molar-refractivity contribution in [1.29, 1.82) is 0 Å². The van der Waals surface area contributed by atoms with Crippen LogP contribution in [-0.2, 0) is 21.2 Å². The van der Waals surface area contributed by atoms with Gasteiger partial charge in [0.2, 0.25) is 10.0 Å². The molecular formula is C16H16FN3O3S. The first-order chi connectivity index (χ1) is 11.4. The summed E-state index contributed by atoms with van der Waals surface area (Å²) < 4.78 is 39.9. The van der Waals surface area contributed by atoms with E-state index in [4.69, 9.17) is 0 Å². The number of hydrogen-bond acceptors (Lipinski definition) is 4. The molecule has 1 atom stereocenters. The van der Waals surface area contributed by atoms with Crippen LogP contribution in [0.4, 0.5) is 15.8 Å². The summed E-state index contributed by atoms with van der Waals surface area (Å²) in [6.45, 7) is 2.02. The molecule has 6 nitrogen and oxygen atoms in total. The molecule has 3 N–H and O–H groups in total. The van der Waals surface area contributed by atoms with Gasteiger partial charge in [-0.25, -0.2) is 12.8 Å². The quantitative estimate of drug-likeness (QED) is 0.791. The van der Waals surface area contributed by atoms with E-state index in [1.165, 1.54) is 0 Å². The first kappa shape index (κ1) is 16.4. The number of carbonyl (C=O) groups excluding carboxylic acids is 1. The van der Waals surface area contributed by atoms with Crippen LogP contribution in [0.2, 0.25) is 0 Å². The smallest absolute Gasteiger partial charge is 0.262 e. The van der Waals surface area contributed by atoms with Gasteiger partial charge in [0.05, 0.1) is 5.69 Å². The normalized spacial score (nSPS) is 18.3. The molecule has 2 aromatic rings. The fourth-order valence-electron chi connectivity index (χ4n) is 2.41. The van der Waals surface area contributed by atoms with Crippen LogP contribution in [0.25, 0.3) is 0 Å². The van der Waals surface area contributed by atoms with Crippen molar-refractivity contribution in [2.75, 3.05) is 10.6 Å². The molecule has 1 aliphatic rings. The van der Waals surface area contributed by atoms with Gasteiger partial charge in [-0.15, -0.1) is 0 Å². The minimum absolute atomic E-state index is 0.0511. The number of aryl methyl sites for hydroxylation is 1. The molecule has 0 unspecified atom stereocenters. The zero-order valence-electron chi connectivity index (χ0n) is 12.8. The number of carbonyl (C=O) groups is 1. The van der Waals surface area contributed by atoms with E-state index in [0.717, 1.165) is 30.2 Å². The predicted molar refractivity (Wildman–Crippen MR) is 88.6 cm³/mol. The van der Waals surface area contributed by atoms with Crippen LogP contribution < -0.4 is 15.4 Å². The lowest BCUT2D eigenvalue weighted by Crippen LogP contribution is -2.51. The maximum Gasteiger partial charge on any atom is 0.262 e. The number of sulfonamides is 1. The SMILES string of the molecule is CCc1ccc(NC(=O)[C@H]2Nc3cc(F)ccc3S(=O)(=O)N2)cc1. The summed E-state index contributed by atoms with van der Waals surface area (Å²) in [4.78, 5) is 12.2. The van der Waals surface area contributed by atoms with Crippen LogP contribution in [-0.4, -0.2) is 20.5 Å². The third kappa shape index (κ3) is 3.24. The molecule has 1 aliphatic heterocycles. The summed E-state index contributed by atoms with van der Waals surface area (Å²) in [6, 6.07) is 10.5. The molecule has 0 aliphatic carbocycles. The summed E-state index contributed by atoms with van der Waals surface area (Å²) in [5, 5.41) is 5.32. The van der Waals surface area contributed by atoms with Gasteiger partial charge in [0.1, 0.15) is 10.7 Å². The highest BCUT2D eigenvalue weighted by Crippen LogP contribution is 2.27. The Morgan fingerprint density at radius 2 is 1.92 bits per heavy atom. The largest absolute Gasteiger partial charge is 0.360 e. The number of anilines is 2. The number of fused-ring (bicyclic) bond motifs is 1. The van der Waals surface area contributed by atoms with Crippen molar-refractivity contribution in [2.45, 2.75) is 24.4 Å². The van der Waals surface area contributed by atoms with Crippen molar-refractivity contribution in [2.24, 2.45) is 0 Å². The molecule has 0 bridgehead atoms. The van der Waals surface area contributed by atoms with E-state index >= 15 is 0 Å². The predicted octanol–water partition coefficient (Wildman–Crippen LogP) is 2.06. The van der Waals surface area contributed by atoms with Gasteiger partial charge in [-0.2, -0.15) is 4.72 Å². The molecule has 1 heterocycles. The van der Waals surface area contributed by atoms with Crippen molar-refractivity contribution in [1.82, 2.24) is 4.72 Å². The van der Waals surface area contributed by atoms with Crippen molar-refractivity contribution >= 4 is 27.3 Å². The number of halogens is 1. The minimum Gasteiger partial charge on any atom is -0.360 e. The van der Waals surface area contributed by atoms with E-state index in [2.05, 4.69) is 15.4 Å². The van der Waals surface area contributed by atoms with Gasteiger partial charge in [0.15, 0.2) is 6.17 Å². The van der Waals surface area contributed by atoms with Gasteiger partial charge >= 0.3 is 0 Å².